The number of allylic oxidation sites excluding steroid dienone is 16. The number of rotatable bonds is 40. The molecule has 1 atom stereocenters. The van der Waals surface area contributed by atoms with Crippen LogP contribution in [0.4, 0.5) is 0 Å². The zero-order valence-corrected chi connectivity index (χ0v) is 36.4. The molecule has 0 fully saturated rings. The Kier molecular flexibility index (Phi) is 43.6. The van der Waals surface area contributed by atoms with E-state index in [1.165, 1.54) is 64.2 Å². The molecule has 1 unspecified atom stereocenters. The molecule has 56 heavy (non-hydrogen) atoms. The molecular weight excluding hydrogens is 693 g/mol. The normalized spacial score (nSPS) is 13.1. The van der Waals surface area contributed by atoms with E-state index in [1.54, 1.807) is 0 Å². The molecule has 0 aliphatic heterocycles. The predicted molar refractivity (Wildman–Crippen MR) is 242 cm³/mol. The van der Waals surface area contributed by atoms with Gasteiger partial charge < -0.3 is 14.2 Å². The maximum Gasteiger partial charge on any atom is 0.306 e. The van der Waals surface area contributed by atoms with Gasteiger partial charge in [-0.1, -0.05) is 176 Å². The van der Waals surface area contributed by atoms with Crippen LogP contribution >= 0.6 is 0 Å². The van der Waals surface area contributed by atoms with Crippen LogP contribution in [0.1, 0.15) is 188 Å². The molecule has 318 valence electrons. The number of hydrogen-bond acceptors (Lipinski definition) is 5. The number of unbranched alkanes of at least 4 members (excludes halogenated alkanes) is 13. The maximum atomic E-state index is 12.7. The summed E-state index contributed by atoms with van der Waals surface area (Å²) >= 11 is 0. The lowest BCUT2D eigenvalue weighted by molar-refractivity contribution is -0.162. The molecule has 0 saturated carbocycles. The molecule has 0 aromatic heterocycles. The van der Waals surface area contributed by atoms with E-state index in [-0.39, 0.29) is 31.6 Å². The molecule has 0 saturated heterocycles. The molecule has 0 bridgehead atoms. The highest BCUT2D eigenvalue weighted by Gasteiger charge is 2.17. The van der Waals surface area contributed by atoms with E-state index in [0.29, 0.717) is 19.4 Å². The van der Waals surface area contributed by atoms with Gasteiger partial charge in [0.1, 0.15) is 6.61 Å². The quantitative estimate of drug-likeness (QED) is 0.0352. The van der Waals surface area contributed by atoms with Crippen LogP contribution < -0.4 is 0 Å². The van der Waals surface area contributed by atoms with E-state index >= 15 is 0 Å². The smallest absolute Gasteiger partial charge is 0.306 e. The molecule has 0 radical (unpaired) electrons. The van der Waals surface area contributed by atoms with Gasteiger partial charge in [0.05, 0.1) is 6.61 Å². The standard InChI is InChI=1S/C51H84O5/c1-4-7-10-13-16-19-22-25-26-28-29-32-35-38-41-44-50(52)55-48-49(47-54-46-43-40-37-34-31-24-21-18-15-12-9-6-3)56-51(53)45-42-39-36-33-30-27-23-20-17-14-11-8-5-2/h7-8,10-11,15-20,25-27,30,36,39,49H,4-6,9,12-14,21-24,28-29,31-35,37-38,40-48H2,1-3H3/b10-7-,11-8-,18-15-,19-16-,20-17-,26-25-,30-27-,39-36-. The first kappa shape index (κ1) is 52.8. The lowest BCUT2D eigenvalue weighted by atomic mass is 10.1. The van der Waals surface area contributed by atoms with Crippen LogP contribution in [0.3, 0.4) is 0 Å². The van der Waals surface area contributed by atoms with Crippen LogP contribution in [-0.4, -0.2) is 37.9 Å². The number of ether oxygens (including phenoxy) is 3. The van der Waals surface area contributed by atoms with Crippen molar-refractivity contribution in [1.82, 2.24) is 0 Å². The van der Waals surface area contributed by atoms with E-state index in [1.807, 2.05) is 6.08 Å². The Labute approximate surface area is 345 Å². The summed E-state index contributed by atoms with van der Waals surface area (Å²) in [5.74, 6) is -0.521. The monoisotopic (exact) mass is 777 g/mol. The summed E-state index contributed by atoms with van der Waals surface area (Å²) in [6.45, 7) is 7.44. The third kappa shape index (κ3) is 43.5. The van der Waals surface area contributed by atoms with Gasteiger partial charge in [-0.2, -0.15) is 0 Å². The second-order valence-corrected chi connectivity index (χ2v) is 14.5. The fourth-order valence-corrected chi connectivity index (χ4v) is 5.75. The number of carbonyl (C=O) groups is 2. The highest BCUT2D eigenvalue weighted by atomic mass is 16.6. The summed E-state index contributed by atoms with van der Waals surface area (Å²) in [5.41, 5.74) is 0. The van der Waals surface area contributed by atoms with E-state index in [4.69, 9.17) is 14.2 Å². The second-order valence-electron chi connectivity index (χ2n) is 14.5. The lowest BCUT2D eigenvalue weighted by Gasteiger charge is -2.18. The largest absolute Gasteiger partial charge is 0.462 e. The molecule has 5 nitrogen and oxygen atoms in total. The van der Waals surface area contributed by atoms with E-state index in [9.17, 15) is 9.59 Å². The van der Waals surface area contributed by atoms with Gasteiger partial charge in [-0.3, -0.25) is 9.59 Å². The van der Waals surface area contributed by atoms with Crippen molar-refractivity contribution in [2.75, 3.05) is 19.8 Å². The van der Waals surface area contributed by atoms with Gasteiger partial charge in [0, 0.05) is 19.4 Å². The lowest BCUT2D eigenvalue weighted by Crippen LogP contribution is -2.30. The zero-order chi connectivity index (χ0) is 40.7. The van der Waals surface area contributed by atoms with Gasteiger partial charge in [-0.25, -0.2) is 0 Å². The van der Waals surface area contributed by atoms with Gasteiger partial charge in [-0.15, -0.1) is 0 Å². The summed E-state index contributed by atoms with van der Waals surface area (Å²) in [6.07, 6.45) is 61.3. The Morgan fingerprint density at radius 2 is 0.839 bits per heavy atom. The van der Waals surface area contributed by atoms with Crippen molar-refractivity contribution in [2.45, 2.75) is 194 Å². The summed E-state index contributed by atoms with van der Waals surface area (Å²) in [5, 5.41) is 0. The Balaban J connectivity index is 4.41. The predicted octanol–water partition coefficient (Wildman–Crippen LogP) is 15.1. The highest BCUT2D eigenvalue weighted by molar-refractivity contribution is 5.70. The van der Waals surface area contributed by atoms with Gasteiger partial charge in [0.15, 0.2) is 6.10 Å². The first-order valence-corrected chi connectivity index (χ1v) is 22.8. The fourth-order valence-electron chi connectivity index (χ4n) is 5.75. The van der Waals surface area contributed by atoms with Gasteiger partial charge in [-0.05, 0) is 96.3 Å². The van der Waals surface area contributed by atoms with Crippen LogP contribution in [0.2, 0.25) is 0 Å². The van der Waals surface area contributed by atoms with Crippen LogP contribution in [0, 0.1) is 0 Å². The van der Waals surface area contributed by atoms with E-state index < -0.39 is 6.10 Å². The van der Waals surface area contributed by atoms with Crippen molar-refractivity contribution in [3.8, 4) is 0 Å². The fraction of sp³-hybridized carbons (Fsp3) is 0.647. The van der Waals surface area contributed by atoms with Crippen molar-refractivity contribution in [3.05, 3.63) is 97.2 Å². The van der Waals surface area contributed by atoms with Crippen LogP contribution in [0.5, 0.6) is 0 Å². The second kappa shape index (κ2) is 46.2. The van der Waals surface area contributed by atoms with Crippen molar-refractivity contribution < 1.29 is 23.8 Å². The number of esters is 2. The number of hydrogen-bond donors (Lipinski definition) is 0. The molecule has 0 N–H and O–H groups in total. The molecule has 0 rings (SSSR count). The van der Waals surface area contributed by atoms with Crippen LogP contribution in [-0.2, 0) is 23.8 Å². The van der Waals surface area contributed by atoms with Crippen LogP contribution in [0.15, 0.2) is 97.2 Å². The maximum absolute atomic E-state index is 12.7. The Morgan fingerprint density at radius 3 is 1.38 bits per heavy atom. The first-order valence-electron chi connectivity index (χ1n) is 22.8. The topological polar surface area (TPSA) is 61.8 Å². The van der Waals surface area contributed by atoms with Gasteiger partial charge in [0.25, 0.3) is 0 Å². The van der Waals surface area contributed by atoms with Gasteiger partial charge in [0.2, 0.25) is 0 Å². The van der Waals surface area contributed by atoms with Crippen molar-refractivity contribution in [1.29, 1.82) is 0 Å². The number of carbonyl (C=O) groups excluding carboxylic acids is 2. The van der Waals surface area contributed by atoms with E-state index in [2.05, 4.69) is 112 Å². The minimum Gasteiger partial charge on any atom is -0.462 e. The van der Waals surface area contributed by atoms with Crippen molar-refractivity contribution >= 4 is 11.9 Å². The van der Waals surface area contributed by atoms with E-state index in [0.717, 1.165) is 83.5 Å². The minimum absolute atomic E-state index is 0.0401. The van der Waals surface area contributed by atoms with Crippen LogP contribution in [0.25, 0.3) is 0 Å². The Hall–Kier alpha value is -3.18. The van der Waals surface area contributed by atoms with Crippen molar-refractivity contribution in [2.24, 2.45) is 0 Å². The molecule has 0 aromatic rings. The molecule has 0 aliphatic carbocycles. The third-order valence-electron chi connectivity index (χ3n) is 9.10. The Bertz CT molecular complexity index is 1110. The minimum atomic E-state index is -0.587. The summed E-state index contributed by atoms with van der Waals surface area (Å²) in [6, 6.07) is 0. The first-order chi connectivity index (χ1) is 27.6. The highest BCUT2D eigenvalue weighted by Crippen LogP contribution is 2.11. The summed E-state index contributed by atoms with van der Waals surface area (Å²) in [4.78, 5) is 25.2. The Morgan fingerprint density at radius 1 is 0.411 bits per heavy atom. The molecule has 0 heterocycles. The summed E-state index contributed by atoms with van der Waals surface area (Å²) < 4.78 is 17.2. The SMILES string of the molecule is CC/C=C\C/C=C\C/C=C\C/C=C\CCC(=O)OC(COCCCCCCCC/C=C\CCCC)COC(=O)CCCCCCC/C=C\C/C=C\C/C=C\CC. The average Bonchev–Trinajstić information content (AvgIpc) is 3.20. The third-order valence-corrected chi connectivity index (χ3v) is 9.10. The molecular formula is C51H84O5. The molecule has 0 amide bonds. The van der Waals surface area contributed by atoms with Crippen molar-refractivity contribution in [3.63, 3.8) is 0 Å². The molecule has 0 aromatic carbocycles. The van der Waals surface area contributed by atoms with Gasteiger partial charge >= 0.3 is 11.9 Å². The molecule has 5 heteroatoms. The summed E-state index contributed by atoms with van der Waals surface area (Å²) in [7, 11) is 0. The zero-order valence-electron chi connectivity index (χ0n) is 36.4. The molecule has 0 spiro atoms. The molecule has 0 aliphatic rings. The average molecular weight is 777 g/mol.